The Morgan fingerprint density at radius 3 is 2.45 bits per heavy atom. The van der Waals surface area contributed by atoms with Crippen molar-refractivity contribution in [3.05, 3.63) is 65.2 Å². The van der Waals surface area contributed by atoms with Crippen LogP contribution in [0.25, 0.3) is 11.0 Å². The quantitative estimate of drug-likeness (QED) is 0.238. The maximum atomic E-state index is 13.0. The van der Waals surface area contributed by atoms with Gasteiger partial charge in [0.15, 0.2) is 11.5 Å². The highest BCUT2D eigenvalue weighted by molar-refractivity contribution is 6.31. The van der Waals surface area contributed by atoms with E-state index >= 15 is 0 Å². The molecule has 4 aliphatic rings. The largest absolute Gasteiger partial charge is 0.490 e. The molecule has 0 bridgehead atoms. The van der Waals surface area contributed by atoms with E-state index in [2.05, 4.69) is 57.4 Å². The summed E-state index contributed by atoms with van der Waals surface area (Å²) >= 11 is 6.15. The fourth-order valence-electron chi connectivity index (χ4n) is 8.38. The van der Waals surface area contributed by atoms with Crippen LogP contribution in [0.1, 0.15) is 79.9 Å². The fraction of sp³-hybridized carbons (Fsp3) is 0.487. The first kappa shape index (κ1) is 36.6. The molecule has 1 aliphatic carbocycles. The molecular weight excluding hydrogens is 722 g/mol. The number of imide groups is 1. The molecule has 286 valence electrons. The molecule has 0 unspecified atom stereocenters. The Kier molecular flexibility index (Phi) is 10.8. The lowest BCUT2D eigenvalue weighted by Gasteiger charge is -2.38. The van der Waals surface area contributed by atoms with Gasteiger partial charge in [-0.25, -0.2) is 14.8 Å². The second-order valence-electron chi connectivity index (χ2n) is 15.0. The second-order valence-corrected chi connectivity index (χ2v) is 15.4. The third-order valence-electron chi connectivity index (χ3n) is 11.5. The molecule has 1 saturated carbocycles. The number of hydrogen-bond acceptors (Lipinski definition) is 11. The number of benzene rings is 1. The van der Waals surface area contributed by atoms with Crippen molar-refractivity contribution in [1.82, 2.24) is 40.3 Å². The number of urea groups is 1. The van der Waals surface area contributed by atoms with E-state index in [9.17, 15) is 14.4 Å². The maximum absolute atomic E-state index is 13.0. The van der Waals surface area contributed by atoms with Crippen LogP contribution in [0.2, 0.25) is 5.02 Å². The summed E-state index contributed by atoms with van der Waals surface area (Å²) in [5.41, 5.74) is 1.56. The number of carbonyl (C=O) groups is 3. The van der Waals surface area contributed by atoms with Crippen LogP contribution in [0.3, 0.4) is 0 Å². The predicted molar refractivity (Wildman–Crippen MR) is 205 cm³/mol. The van der Waals surface area contributed by atoms with Crippen LogP contribution in [0.4, 0.5) is 16.4 Å². The van der Waals surface area contributed by atoms with Crippen LogP contribution in [0.5, 0.6) is 5.75 Å². The maximum Gasteiger partial charge on any atom is 0.329 e. The Morgan fingerprint density at radius 2 is 1.75 bits per heavy atom. The van der Waals surface area contributed by atoms with Crippen LogP contribution < -0.4 is 25.2 Å². The van der Waals surface area contributed by atoms with Gasteiger partial charge >= 0.3 is 6.03 Å². The normalized spacial score (nSPS) is 21.7. The summed E-state index contributed by atoms with van der Waals surface area (Å²) < 4.78 is 8.30. The number of likely N-dealkylation sites (tertiary alicyclic amines) is 1. The number of rotatable bonds is 9. The molecule has 4 fully saturated rings. The van der Waals surface area contributed by atoms with E-state index in [1.807, 2.05) is 12.1 Å². The lowest BCUT2D eigenvalue weighted by Crippen LogP contribution is -2.50. The van der Waals surface area contributed by atoms with Crippen LogP contribution in [-0.2, 0) is 4.79 Å². The predicted octanol–water partition coefficient (Wildman–Crippen LogP) is 4.87. The van der Waals surface area contributed by atoms with E-state index in [-0.39, 0.29) is 30.4 Å². The van der Waals surface area contributed by atoms with Gasteiger partial charge in [0.2, 0.25) is 5.91 Å². The zero-order valence-electron chi connectivity index (χ0n) is 30.6. The molecule has 15 nitrogen and oxygen atoms in total. The number of nitriles is 1. The van der Waals surface area contributed by atoms with E-state index in [1.54, 1.807) is 24.3 Å². The Balaban J connectivity index is 0.760. The van der Waals surface area contributed by atoms with E-state index in [1.165, 1.54) is 11.2 Å². The molecule has 55 heavy (non-hydrogen) atoms. The molecule has 0 radical (unpaired) electrons. The number of fused-ring (bicyclic) bond motifs is 1. The summed E-state index contributed by atoms with van der Waals surface area (Å²) in [6, 6.07) is 12.7. The molecule has 3 aromatic heterocycles. The summed E-state index contributed by atoms with van der Waals surface area (Å²) in [7, 11) is 0. The molecule has 16 heteroatoms. The van der Waals surface area contributed by atoms with Crippen molar-refractivity contribution in [2.24, 2.45) is 5.92 Å². The average Bonchev–Trinajstić information content (AvgIpc) is 3.64. The molecule has 4 aromatic rings. The number of anilines is 2. The van der Waals surface area contributed by atoms with Gasteiger partial charge in [-0.15, -0.1) is 10.2 Å². The van der Waals surface area contributed by atoms with Gasteiger partial charge in [-0.3, -0.25) is 19.8 Å². The Labute approximate surface area is 324 Å². The zero-order valence-corrected chi connectivity index (χ0v) is 31.3. The lowest BCUT2D eigenvalue weighted by atomic mass is 9.92. The number of nitrogens with zero attached hydrogens (tertiary/aromatic N) is 9. The summed E-state index contributed by atoms with van der Waals surface area (Å²) in [5, 5.41) is 24.5. The average molecular weight is 766 g/mol. The molecular formula is C39H44ClN11O4. The second kappa shape index (κ2) is 16.2. The number of piperidine rings is 2. The highest BCUT2D eigenvalue weighted by Crippen LogP contribution is 2.32. The van der Waals surface area contributed by atoms with Crippen LogP contribution in [-0.4, -0.2) is 98.9 Å². The van der Waals surface area contributed by atoms with Crippen molar-refractivity contribution >= 4 is 52.1 Å². The molecule has 4 amide bonds. The van der Waals surface area contributed by atoms with Gasteiger partial charge < -0.3 is 24.4 Å². The molecule has 8 rings (SSSR count). The molecule has 3 aliphatic heterocycles. The first-order valence-electron chi connectivity index (χ1n) is 19.2. The van der Waals surface area contributed by atoms with Gasteiger partial charge in [0.25, 0.3) is 5.91 Å². The summed E-state index contributed by atoms with van der Waals surface area (Å²) in [6.07, 6.45) is 11.2. The minimum atomic E-state index is -0.444. The summed E-state index contributed by atoms with van der Waals surface area (Å²) in [5.74, 6) is 2.12. The standard InChI is InChI=1S/C39H44ClN11O4/c40-32-21-30(4-1-26(32)22-41)55-29-5-2-27(3-6-29)44-38(53)33-7-8-34(47-46-33)49-17-9-25(10-18-49)23-48-15-11-28(12-16-48)50-19-13-31-36(50)42-24-43-37(31)51-20-14-35(52)45-39(51)54/h1,4,7-8,13,19,21,24-25,27-29H,2-3,5-6,9-12,14-18,20,23H2,(H,44,53)(H,45,52,54)/t27-,29-. The number of halogens is 1. The van der Waals surface area contributed by atoms with Gasteiger partial charge in [-0.05, 0) is 87.6 Å². The highest BCUT2D eigenvalue weighted by Gasteiger charge is 2.30. The van der Waals surface area contributed by atoms with Crippen molar-refractivity contribution < 1.29 is 19.1 Å². The molecule has 6 heterocycles. The number of ether oxygens (including phenoxy) is 1. The number of aromatic nitrogens is 5. The summed E-state index contributed by atoms with van der Waals surface area (Å²) in [6.45, 7) is 5.21. The van der Waals surface area contributed by atoms with Gasteiger partial charge in [-0.1, -0.05) is 11.6 Å². The van der Waals surface area contributed by atoms with Crippen LogP contribution in [0, 0.1) is 17.2 Å². The van der Waals surface area contributed by atoms with Crippen molar-refractivity contribution in [2.45, 2.75) is 76.0 Å². The topological polar surface area (TPSA) is 174 Å². The van der Waals surface area contributed by atoms with E-state index < -0.39 is 6.03 Å². The van der Waals surface area contributed by atoms with Crippen molar-refractivity contribution in [3.63, 3.8) is 0 Å². The lowest BCUT2D eigenvalue weighted by molar-refractivity contribution is -0.120. The molecule has 0 atom stereocenters. The van der Waals surface area contributed by atoms with Crippen molar-refractivity contribution in [2.75, 3.05) is 49.1 Å². The smallest absolute Gasteiger partial charge is 0.329 e. The van der Waals surface area contributed by atoms with Gasteiger partial charge in [0, 0.05) is 70.0 Å². The molecule has 3 saturated heterocycles. The molecule has 0 spiro atoms. The minimum Gasteiger partial charge on any atom is -0.490 e. The van der Waals surface area contributed by atoms with Crippen molar-refractivity contribution in [3.8, 4) is 11.8 Å². The first-order chi connectivity index (χ1) is 26.8. The number of hydrogen-bond donors (Lipinski definition) is 2. The van der Waals surface area contributed by atoms with Crippen molar-refractivity contribution in [1.29, 1.82) is 5.26 Å². The fourth-order valence-corrected chi connectivity index (χ4v) is 8.59. The van der Waals surface area contributed by atoms with E-state index in [0.717, 1.165) is 101 Å². The van der Waals surface area contributed by atoms with Crippen LogP contribution in [0.15, 0.2) is 48.9 Å². The zero-order chi connectivity index (χ0) is 37.9. The van der Waals surface area contributed by atoms with Gasteiger partial charge in [0.05, 0.1) is 22.1 Å². The number of amides is 4. The van der Waals surface area contributed by atoms with Crippen LogP contribution >= 0.6 is 11.6 Å². The number of carbonyl (C=O) groups excluding carboxylic acids is 3. The Morgan fingerprint density at radius 1 is 0.945 bits per heavy atom. The van der Waals surface area contributed by atoms with Gasteiger partial charge in [-0.2, -0.15) is 5.26 Å². The SMILES string of the molecule is N#Cc1ccc(O[C@H]2CC[C@H](NC(=O)c3ccc(N4CCC(CN5CCC(n6ccc7c(N8CCC(=O)NC8=O)ncnc76)CC5)CC4)nn3)CC2)cc1Cl. The van der Waals surface area contributed by atoms with Gasteiger partial charge in [0.1, 0.15) is 29.6 Å². The monoisotopic (exact) mass is 765 g/mol. The molecule has 2 N–H and O–H groups in total. The highest BCUT2D eigenvalue weighted by atomic mass is 35.5. The minimum absolute atomic E-state index is 0.0313. The van der Waals surface area contributed by atoms with E-state index in [0.29, 0.717) is 46.4 Å². The summed E-state index contributed by atoms with van der Waals surface area (Å²) in [4.78, 5) is 52.5. The first-order valence-corrected chi connectivity index (χ1v) is 19.6. The third-order valence-corrected chi connectivity index (χ3v) is 11.8. The number of nitrogens with one attached hydrogen (secondary N) is 2. The third kappa shape index (κ3) is 8.20. The van der Waals surface area contributed by atoms with E-state index in [4.69, 9.17) is 21.6 Å². The Bertz CT molecular complexity index is 2080. The molecule has 1 aromatic carbocycles. The Hall–Kier alpha value is -5.33.